The summed E-state index contributed by atoms with van der Waals surface area (Å²) in [6.45, 7) is 5.38. The van der Waals surface area contributed by atoms with Gasteiger partial charge in [0.05, 0.1) is 23.2 Å². The van der Waals surface area contributed by atoms with Crippen molar-refractivity contribution in [3.8, 4) is 0 Å². The fraction of sp³-hybridized carbons (Fsp3) is 0.476. The van der Waals surface area contributed by atoms with Crippen molar-refractivity contribution in [1.82, 2.24) is 14.5 Å². The summed E-state index contributed by atoms with van der Waals surface area (Å²) in [6.07, 6.45) is 1.67. The van der Waals surface area contributed by atoms with Gasteiger partial charge in [0.25, 0.3) is 0 Å². The number of benzene rings is 1. The summed E-state index contributed by atoms with van der Waals surface area (Å²) in [4.78, 5) is 7.29. The number of hydrogen-bond donors (Lipinski definition) is 1. The lowest BCUT2D eigenvalue weighted by atomic mass is 9.77. The number of nitrogens with zero attached hydrogens (tertiary/aromatic N) is 3. The van der Waals surface area contributed by atoms with Crippen molar-refractivity contribution < 1.29 is 5.11 Å². The third-order valence-corrected chi connectivity index (χ3v) is 7.01. The van der Waals surface area contributed by atoms with Gasteiger partial charge in [-0.1, -0.05) is 12.1 Å². The molecule has 1 saturated heterocycles. The zero-order valence-corrected chi connectivity index (χ0v) is 15.9. The Bertz CT molecular complexity index is 903. The first-order chi connectivity index (χ1) is 12.7. The van der Waals surface area contributed by atoms with E-state index in [9.17, 15) is 5.11 Å². The van der Waals surface area contributed by atoms with Crippen LogP contribution in [0.25, 0.3) is 11.0 Å². The first kappa shape index (κ1) is 16.5. The van der Waals surface area contributed by atoms with E-state index in [1.54, 1.807) is 11.3 Å². The van der Waals surface area contributed by atoms with Crippen LogP contribution in [0.15, 0.2) is 41.1 Å². The van der Waals surface area contributed by atoms with Crippen LogP contribution >= 0.6 is 11.3 Å². The summed E-state index contributed by atoms with van der Waals surface area (Å²) >= 11 is 1.77. The first-order valence-electron chi connectivity index (χ1n) is 9.54. The van der Waals surface area contributed by atoms with Crippen molar-refractivity contribution >= 4 is 22.4 Å². The molecule has 26 heavy (non-hydrogen) atoms. The molecule has 1 aromatic carbocycles. The molecule has 1 aliphatic carbocycles. The van der Waals surface area contributed by atoms with E-state index < -0.39 is 0 Å². The largest absolute Gasteiger partial charge is 0.391 e. The lowest BCUT2D eigenvalue weighted by Gasteiger charge is -2.36. The molecule has 4 nitrogen and oxygen atoms in total. The summed E-state index contributed by atoms with van der Waals surface area (Å²) in [5, 5.41) is 15.4. The molecule has 0 spiro atoms. The van der Waals surface area contributed by atoms with Gasteiger partial charge in [0, 0.05) is 19.6 Å². The SMILES string of the molecule is Cc1nc2ccccc2n1[C@H]1C[C@H]2CN(Cc3ccsc3)C[C@H]2C[C@@H]1O. The second-order valence-electron chi connectivity index (χ2n) is 7.97. The normalized spacial score (nSPS) is 29.3. The number of aliphatic hydroxyl groups is 1. The minimum atomic E-state index is -0.284. The Morgan fingerprint density at radius 1 is 1.15 bits per heavy atom. The summed E-state index contributed by atoms with van der Waals surface area (Å²) in [5.41, 5.74) is 3.60. The van der Waals surface area contributed by atoms with Crippen LogP contribution in [0.2, 0.25) is 0 Å². The van der Waals surface area contributed by atoms with E-state index in [1.165, 1.54) is 5.56 Å². The Morgan fingerprint density at radius 3 is 2.77 bits per heavy atom. The number of fused-ring (bicyclic) bond motifs is 2. The predicted octanol–water partition coefficient (Wildman–Crippen LogP) is 3.85. The van der Waals surface area contributed by atoms with Crippen molar-refractivity contribution in [3.63, 3.8) is 0 Å². The summed E-state index contributed by atoms with van der Waals surface area (Å²) < 4.78 is 2.29. The number of imidazole rings is 1. The average molecular weight is 368 g/mol. The second kappa shape index (κ2) is 6.48. The third kappa shape index (κ3) is 2.79. The highest BCUT2D eigenvalue weighted by Gasteiger charge is 2.42. The standard InChI is InChI=1S/C21H25N3OS/c1-14-22-18-4-2-3-5-19(18)24(14)20-8-16-11-23(10-15-6-7-26-13-15)12-17(16)9-21(20)25/h2-7,13,16-17,20-21,25H,8-12H2,1H3/t16-,17+,20-,21-/m0/s1. The van der Waals surface area contributed by atoms with Crippen molar-refractivity contribution in [2.75, 3.05) is 13.1 Å². The number of aromatic nitrogens is 2. The van der Waals surface area contributed by atoms with Crippen LogP contribution in [0.4, 0.5) is 0 Å². The van der Waals surface area contributed by atoms with Gasteiger partial charge in [-0.3, -0.25) is 4.90 Å². The third-order valence-electron chi connectivity index (χ3n) is 6.27. The molecule has 2 fully saturated rings. The van der Waals surface area contributed by atoms with Gasteiger partial charge in [-0.25, -0.2) is 4.98 Å². The monoisotopic (exact) mass is 367 g/mol. The van der Waals surface area contributed by atoms with Crippen LogP contribution in [-0.2, 0) is 6.54 Å². The Labute approximate surface area is 158 Å². The molecular formula is C21H25N3OS. The number of rotatable bonds is 3. The Morgan fingerprint density at radius 2 is 1.96 bits per heavy atom. The zero-order chi connectivity index (χ0) is 17.7. The van der Waals surface area contributed by atoms with Gasteiger partial charge >= 0.3 is 0 Å². The van der Waals surface area contributed by atoms with Gasteiger partial charge in [0.1, 0.15) is 5.82 Å². The molecule has 0 amide bonds. The Kier molecular flexibility index (Phi) is 4.11. The van der Waals surface area contributed by atoms with Gasteiger partial charge in [-0.2, -0.15) is 11.3 Å². The Balaban J connectivity index is 1.38. The predicted molar refractivity (Wildman–Crippen MR) is 105 cm³/mol. The van der Waals surface area contributed by atoms with Crippen LogP contribution in [-0.4, -0.2) is 38.8 Å². The molecule has 5 rings (SSSR count). The van der Waals surface area contributed by atoms with Crippen LogP contribution in [0, 0.1) is 18.8 Å². The minimum absolute atomic E-state index is 0.143. The minimum Gasteiger partial charge on any atom is -0.391 e. The molecule has 4 atom stereocenters. The lowest BCUT2D eigenvalue weighted by molar-refractivity contribution is 0.0366. The van der Waals surface area contributed by atoms with E-state index in [1.807, 2.05) is 6.07 Å². The molecule has 3 heterocycles. The number of thiophene rings is 1. The molecule has 2 aliphatic rings. The molecule has 1 aliphatic heterocycles. The smallest absolute Gasteiger partial charge is 0.107 e. The number of aliphatic hydroxyl groups excluding tert-OH is 1. The van der Waals surface area contributed by atoms with Gasteiger partial charge in [-0.05, 0) is 66.1 Å². The maximum Gasteiger partial charge on any atom is 0.107 e. The fourth-order valence-electron chi connectivity index (χ4n) is 5.14. The molecule has 0 radical (unpaired) electrons. The molecule has 2 aromatic heterocycles. The number of hydrogen-bond acceptors (Lipinski definition) is 4. The van der Waals surface area contributed by atoms with Gasteiger partial charge in [0.15, 0.2) is 0 Å². The highest BCUT2D eigenvalue weighted by atomic mass is 32.1. The maximum atomic E-state index is 10.9. The van der Waals surface area contributed by atoms with Gasteiger partial charge < -0.3 is 9.67 Å². The average Bonchev–Trinajstić information content (AvgIpc) is 3.32. The highest BCUT2D eigenvalue weighted by Crippen LogP contribution is 2.43. The number of likely N-dealkylation sites (tertiary alicyclic amines) is 1. The molecule has 1 N–H and O–H groups in total. The lowest BCUT2D eigenvalue weighted by Crippen LogP contribution is -2.36. The van der Waals surface area contributed by atoms with Gasteiger partial charge in [0.2, 0.25) is 0 Å². The van der Waals surface area contributed by atoms with Crippen LogP contribution < -0.4 is 0 Å². The zero-order valence-electron chi connectivity index (χ0n) is 15.1. The second-order valence-corrected chi connectivity index (χ2v) is 8.75. The van der Waals surface area contributed by atoms with E-state index in [2.05, 4.69) is 51.4 Å². The molecule has 5 heteroatoms. The quantitative estimate of drug-likeness (QED) is 0.764. The first-order valence-corrected chi connectivity index (χ1v) is 10.5. The van der Waals surface area contributed by atoms with E-state index >= 15 is 0 Å². The topological polar surface area (TPSA) is 41.3 Å². The molecular weight excluding hydrogens is 342 g/mol. The van der Waals surface area contributed by atoms with Crippen molar-refractivity contribution in [1.29, 1.82) is 0 Å². The summed E-state index contributed by atoms with van der Waals surface area (Å²) in [7, 11) is 0. The number of aryl methyl sites for hydroxylation is 1. The molecule has 0 unspecified atom stereocenters. The molecule has 0 bridgehead atoms. The van der Waals surface area contributed by atoms with Crippen LogP contribution in [0.5, 0.6) is 0 Å². The molecule has 1 saturated carbocycles. The fourth-order valence-corrected chi connectivity index (χ4v) is 5.80. The van der Waals surface area contributed by atoms with E-state index in [0.29, 0.717) is 11.8 Å². The highest BCUT2D eigenvalue weighted by molar-refractivity contribution is 7.07. The maximum absolute atomic E-state index is 10.9. The van der Waals surface area contributed by atoms with Gasteiger partial charge in [-0.15, -0.1) is 0 Å². The summed E-state index contributed by atoms with van der Waals surface area (Å²) in [6, 6.07) is 10.7. The van der Waals surface area contributed by atoms with E-state index in [0.717, 1.165) is 49.3 Å². The van der Waals surface area contributed by atoms with Crippen molar-refractivity contribution in [2.45, 2.75) is 38.5 Å². The van der Waals surface area contributed by atoms with Crippen LogP contribution in [0.3, 0.4) is 0 Å². The Hall–Kier alpha value is -1.69. The molecule has 3 aromatic rings. The number of para-hydroxylation sites is 2. The van der Waals surface area contributed by atoms with E-state index in [-0.39, 0.29) is 12.1 Å². The summed E-state index contributed by atoms with van der Waals surface area (Å²) in [5.74, 6) is 2.31. The van der Waals surface area contributed by atoms with Crippen molar-refractivity contribution in [2.24, 2.45) is 11.8 Å². The van der Waals surface area contributed by atoms with Crippen molar-refractivity contribution in [3.05, 3.63) is 52.5 Å². The van der Waals surface area contributed by atoms with E-state index in [4.69, 9.17) is 4.98 Å². The molecule has 136 valence electrons. The van der Waals surface area contributed by atoms with Crippen LogP contribution in [0.1, 0.15) is 30.3 Å².